The number of carbonyl (C=O) groups is 3. The zero-order valence-electron chi connectivity index (χ0n) is 21.4. The van der Waals surface area contributed by atoms with Crippen LogP contribution >= 0.6 is 0 Å². The predicted octanol–water partition coefficient (Wildman–Crippen LogP) is 2.39. The van der Waals surface area contributed by atoms with Gasteiger partial charge in [0.2, 0.25) is 11.8 Å². The second-order valence-corrected chi connectivity index (χ2v) is 9.00. The largest absolute Gasteiger partial charge is 0.508 e. The molecular weight excluding hydrogens is 498 g/mol. The predicted molar refractivity (Wildman–Crippen MR) is 147 cm³/mol. The molecule has 0 radical (unpaired) electrons. The van der Waals surface area contributed by atoms with Gasteiger partial charge in [0.25, 0.3) is 0 Å². The molecule has 204 valence electrons. The minimum Gasteiger partial charge on any atom is -0.508 e. The van der Waals surface area contributed by atoms with Gasteiger partial charge in [0.1, 0.15) is 12.3 Å². The summed E-state index contributed by atoms with van der Waals surface area (Å²) in [4.78, 5) is 40.5. The molecule has 0 bridgehead atoms. The Bertz CT molecular complexity index is 1230. The summed E-state index contributed by atoms with van der Waals surface area (Å²) < 4.78 is 0. The second-order valence-electron chi connectivity index (χ2n) is 9.00. The second kappa shape index (κ2) is 14.3. The van der Waals surface area contributed by atoms with Crippen molar-refractivity contribution < 1.29 is 24.6 Å². The molecule has 3 rings (SSSR count). The first-order valence-corrected chi connectivity index (χ1v) is 12.5. The maximum absolute atomic E-state index is 14.0. The van der Waals surface area contributed by atoms with Gasteiger partial charge in [-0.05, 0) is 41.7 Å². The van der Waals surface area contributed by atoms with Gasteiger partial charge in [-0.3, -0.25) is 24.7 Å². The highest BCUT2D eigenvalue weighted by atomic mass is 16.4. The fourth-order valence-electron chi connectivity index (χ4n) is 4.26. The number of rotatable bonds is 13. The Balaban J connectivity index is 1.92. The Labute approximate surface area is 227 Å². The maximum atomic E-state index is 14.0. The van der Waals surface area contributed by atoms with Gasteiger partial charge in [0, 0.05) is 13.1 Å². The molecule has 0 aromatic heterocycles. The number of nitrogens with two attached hydrogens (primary N) is 1. The number of nitrogens with zero attached hydrogens (tertiary/aromatic N) is 1. The van der Waals surface area contributed by atoms with E-state index in [1.54, 1.807) is 66.7 Å². The number of amides is 2. The number of guanidine groups is 1. The van der Waals surface area contributed by atoms with Crippen molar-refractivity contribution in [1.29, 1.82) is 5.41 Å². The third-order valence-corrected chi connectivity index (χ3v) is 6.08. The monoisotopic (exact) mass is 531 g/mol. The Morgan fingerprint density at radius 2 is 1.51 bits per heavy atom. The number of hydrogen-bond donors (Lipinski definition) is 6. The molecule has 10 nitrogen and oxygen atoms in total. The van der Waals surface area contributed by atoms with Crippen molar-refractivity contribution in [3.63, 3.8) is 0 Å². The molecule has 2 amide bonds. The molecule has 0 aliphatic carbocycles. The zero-order chi connectivity index (χ0) is 28.2. The van der Waals surface area contributed by atoms with E-state index in [-0.39, 0.29) is 24.7 Å². The van der Waals surface area contributed by atoms with Gasteiger partial charge in [0.15, 0.2) is 5.96 Å². The summed E-state index contributed by atoms with van der Waals surface area (Å²) in [7, 11) is 0. The van der Waals surface area contributed by atoms with Crippen molar-refractivity contribution in [3.05, 3.63) is 102 Å². The van der Waals surface area contributed by atoms with Gasteiger partial charge in [-0.1, -0.05) is 72.8 Å². The molecule has 7 N–H and O–H groups in total. The fourth-order valence-corrected chi connectivity index (χ4v) is 4.26. The molecule has 0 fully saturated rings. The van der Waals surface area contributed by atoms with E-state index in [9.17, 15) is 24.6 Å². The van der Waals surface area contributed by atoms with Crippen LogP contribution in [0, 0.1) is 5.41 Å². The summed E-state index contributed by atoms with van der Waals surface area (Å²) in [5.41, 5.74) is 7.32. The number of benzene rings is 3. The lowest BCUT2D eigenvalue weighted by molar-refractivity contribution is -0.154. The van der Waals surface area contributed by atoms with E-state index < -0.39 is 36.3 Å². The number of phenolic OH excluding ortho intramolecular Hbond substituents is 1. The molecule has 0 aliphatic rings. The number of aromatic hydroxyl groups is 1. The molecule has 0 saturated heterocycles. The van der Waals surface area contributed by atoms with Crippen LogP contribution in [-0.4, -0.2) is 58.0 Å². The number of hydrogen-bond acceptors (Lipinski definition) is 6. The van der Waals surface area contributed by atoms with Crippen LogP contribution in [0.3, 0.4) is 0 Å². The number of nitrogens with one attached hydrogen (secondary N) is 3. The van der Waals surface area contributed by atoms with Gasteiger partial charge >= 0.3 is 5.97 Å². The van der Waals surface area contributed by atoms with Gasteiger partial charge in [-0.15, -0.1) is 0 Å². The highest BCUT2D eigenvalue weighted by Gasteiger charge is 2.35. The SMILES string of the molecule is N=C(N)NCCC[C@H](NCc1cccc(O)c1)C(=O)N(CC(=O)O)C(=O)C(c1ccccc1)c1ccccc1. The summed E-state index contributed by atoms with van der Waals surface area (Å²) in [6.45, 7) is -0.291. The third-order valence-electron chi connectivity index (χ3n) is 6.08. The third kappa shape index (κ3) is 8.68. The lowest BCUT2D eigenvalue weighted by Gasteiger charge is -2.29. The summed E-state index contributed by atoms with van der Waals surface area (Å²) in [5, 5.41) is 32.6. The molecule has 3 aromatic carbocycles. The van der Waals surface area contributed by atoms with Crippen LogP contribution in [0.4, 0.5) is 0 Å². The molecule has 1 atom stereocenters. The lowest BCUT2D eigenvalue weighted by Crippen LogP contribution is -2.52. The molecule has 39 heavy (non-hydrogen) atoms. The van der Waals surface area contributed by atoms with Gasteiger partial charge < -0.3 is 26.6 Å². The van der Waals surface area contributed by atoms with E-state index in [2.05, 4.69) is 10.6 Å². The topological polar surface area (TPSA) is 169 Å². The molecule has 0 aliphatic heterocycles. The number of carbonyl (C=O) groups excluding carboxylic acids is 2. The zero-order valence-corrected chi connectivity index (χ0v) is 21.4. The standard InChI is InChI=1S/C29H33N5O5/c30-29(31)32-16-8-15-24(33-18-20-9-7-14-23(35)17-20)27(38)34(19-25(36)37)28(39)26(21-10-3-1-4-11-21)22-12-5-2-6-13-22/h1-7,9-14,17,24,26,33,35H,8,15-16,18-19H2,(H,36,37)(H4,30,31,32)/t24-/m0/s1. The maximum Gasteiger partial charge on any atom is 0.323 e. The van der Waals surface area contributed by atoms with Gasteiger partial charge in [-0.25, -0.2) is 0 Å². The van der Waals surface area contributed by atoms with E-state index in [1.807, 2.05) is 12.1 Å². The van der Waals surface area contributed by atoms with E-state index in [0.717, 1.165) is 4.90 Å². The van der Waals surface area contributed by atoms with E-state index >= 15 is 0 Å². The normalized spacial score (nSPS) is 11.5. The first-order valence-electron chi connectivity index (χ1n) is 12.5. The van der Waals surface area contributed by atoms with Gasteiger partial charge in [-0.2, -0.15) is 0 Å². The quantitative estimate of drug-likeness (QED) is 0.111. The number of imide groups is 1. The van der Waals surface area contributed by atoms with Crippen LogP contribution < -0.4 is 16.4 Å². The van der Waals surface area contributed by atoms with E-state index in [4.69, 9.17) is 11.1 Å². The number of carboxylic acids is 1. The first kappa shape index (κ1) is 28.9. The Morgan fingerprint density at radius 1 is 0.897 bits per heavy atom. The highest BCUT2D eigenvalue weighted by molar-refractivity contribution is 6.04. The highest BCUT2D eigenvalue weighted by Crippen LogP contribution is 2.27. The van der Waals surface area contributed by atoms with Crippen LogP contribution in [-0.2, 0) is 20.9 Å². The summed E-state index contributed by atoms with van der Waals surface area (Å²) in [6.07, 6.45) is 0.654. The Hall–Kier alpha value is -4.70. The molecule has 0 heterocycles. The molecule has 0 spiro atoms. The molecule has 0 saturated carbocycles. The lowest BCUT2D eigenvalue weighted by atomic mass is 9.89. The number of carboxylic acid groups (broad SMARTS) is 1. The van der Waals surface area contributed by atoms with Crippen LogP contribution in [0.2, 0.25) is 0 Å². The summed E-state index contributed by atoms with van der Waals surface area (Å²) >= 11 is 0. The van der Waals surface area contributed by atoms with Crippen molar-refractivity contribution in [1.82, 2.24) is 15.5 Å². The van der Waals surface area contributed by atoms with Crippen molar-refractivity contribution in [2.45, 2.75) is 31.3 Å². The minimum atomic E-state index is -1.32. The number of aliphatic carboxylic acids is 1. The molecular formula is C29H33N5O5. The van der Waals surface area contributed by atoms with Crippen LogP contribution in [0.5, 0.6) is 5.75 Å². The van der Waals surface area contributed by atoms with E-state index in [1.165, 1.54) is 6.07 Å². The summed E-state index contributed by atoms with van der Waals surface area (Å²) in [6, 6.07) is 23.4. The smallest absolute Gasteiger partial charge is 0.323 e. The van der Waals surface area contributed by atoms with Crippen molar-refractivity contribution in [3.8, 4) is 5.75 Å². The van der Waals surface area contributed by atoms with Crippen molar-refractivity contribution in [2.75, 3.05) is 13.1 Å². The molecule has 3 aromatic rings. The van der Waals surface area contributed by atoms with Crippen LogP contribution in [0.1, 0.15) is 35.4 Å². The van der Waals surface area contributed by atoms with E-state index in [0.29, 0.717) is 29.7 Å². The Morgan fingerprint density at radius 3 is 2.05 bits per heavy atom. The minimum absolute atomic E-state index is 0.0686. The fraction of sp³-hybridized carbons (Fsp3) is 0.241. The average Bonchev–Trinajstić information content (AvgIpc) is 2.92. The average molecular weight is 532 g/mol. The molecule has 10 heteroatoms. The van der Waals surface area contributed by atoms with Gasteiger partial charge in [0.05, 0.1) is 12.0 Å². The Kier molecular flexibility index (Phi) is 10.6. The first-order chi connectivity index (χ1) is 18.8. The van der Waals surface area contributed by atoms with Crippen LogP contribution in [0.25, 0.3) is 0 Å². The van der Waals surface area contributed by atoms with Crippen molar-refractivity contribution >= 4 is 23.7 Å². The number of phenols is 1. The van der Waals surface area contributed by atoms with Crippen molar-refractivity contribution in [2.24, 2.45) is 5.73 Å². The van der Waals surface area contributed by atoms with Crippen LogP contribution in [0.15, 0.2) is 84.9 Å². The molecule has 0 unspecified atom stereocenters. The summed E-state index contributed by atoms with van der Waals surface area (Å²) in [5.74, 6) is -3.67.